The predicted molar refractivity (Wildman–Crippen MR) is 80.9 cm³/mol. The standard InChI is InChI=1S/C15H18N4O/c1-3-10(8-20)16-14-11-6-4-5-7-12(11)17-15-13(14)9(2)18-19-15/h4-7,10,20H,3,8H2,1-2H3,(H2,16,17,18,19). The summed E-state index contributed by atoms with van der Waals surface area (Å²) >= 11 is 0. The molecule has 0 spiro atoms. The summed E-state index contributed by atoms with van der Waals surface area (Å²) in [7, 11) is 0. The first kappa shape index (κ1) is 12.9. The molecule has 5 heteroatoms. The van der Waals surface area contributed by atoms with Crippen LogP contribution in [-0.2, 0) is 0 Å². The molecule has 0 aliphatic rings. The number of para-hydroxylation sites is 1. The molecule has 1 aromatic carbocycles. The summed E-state index contributed by atoms with van der Waals surface area (Å²) in [4.78, 5) is 4.57. The second-order valence-electron chi connectivity index (χ2n) is 4.98. The predicted octanol–water partition coefficient (Wildman–Crippen LogP) is 2.60. The number of nitrogens with zero attached hydrogens (tertiary/aromatic N) is 2. The number of nitrogens with one attached hydrogen (secondary N) is 2. The minimum Gasteiger partial charge on any atom is -0.394 e. The van der Waals surface area contributed by atoms with E-state index in [2.05, 4.69) is 27.4 Å². The largest absolute Gasteiger partial charge is 0.394 e. The molecule has 0 amide bonds. The number of aryl methyl sites for hydroxylation is 1. The molecular weight excluding hydrogens is 252 g/mol. The highest BCUT2D eigenvalue weighted by molar-refractivity contribution is 6.07. The van der Waals surface area contributed by atoms with E-state index in [0.29, 0.717) is 5.65 Å². The smallest absolute Gasteiger partial charge is 0.183 e. The van der Waals surface area contributed by atoms with Crippen LogP contribution in [0.5, 0.6) is 0 Å². The van der Waals surface area contributed by atoms with Crippen molar-refractivity contribution in [3.8, 4) is 0 Å². The Balaban J connectivity index is 2.29. The second-order valence-corrected chi connectivity index (χ2v) is 4.98. The minimum atomic E-state index is 0.0262. The zero-order valence-corrected chi connectivity index (χ0v) is 11.6. The molecule has 3 rings (SSSR count). The summed E-state index contributed by atoms with van der Waals surface area (Å²) in [5.74, 6) is 0. The van der Waals surface area contributed by atoms with Gasteiger partial charge in [-0.15, -0.1) is 0 Å². The number of hydrogen-bond donors (Lipinski definition) is 3. The molecule has 104 valence electrons. The normalized spacial score (nSPS) is 12.9. The number of aromatic amines is 1. The van der Waals surface area contributed by atoms with Gasteiger partial charge < -0.3 is 10.4 Å². The van der Waals surface area contributed by atoms with Gasteiger partial charge in [0.05, 0.1) is 23.2 Å². The first-order chi connectivity index (χ1) is 9.74. The molecule has 3 aromatic rings. The molecule has 0 bridgehead atoms. The first-order valence-corrected chi connectivity index (χ1v) is 6.85. The number of benzene rings is 1. The summed E-state index contributed by atoms with van der Waals surface area (Å²) in [5.41, 5.74) is 3.59. The maximum Gasteiger partial charge on any atom is 0.183 e. The average molecular weight is 270 g/mol. The van der Waals surface area contributed by atoms with Crippen LogP contribution in [0.4, 0.5) is 5.69 Å². The van der Waals surface area contributed by atoms with Crippen molar-refractivity contribution in [3.05, 3.63) is 30.0 Å². The Hall–Kier alpha value is -2.14. The van der Waals surface area contributed by atoms with Crippen LogP contribution in [-0.4, -0.2) is 32.9 Å². The molecule has 0 saturated carbocycles. The molecule has 20 heavy (non-hydrogen) atoms. The van der Waals surface area contributed by atoms with Gasteiger partial charge in [0.1, 0.15) is 0 Å². The van der Waals surface area contributed by atoms with Gasteiger partial charge in [-0.25, -0.2) is 4.98 Å². The number of rotatable bonds is 4. The number of anilines is 1. The SMILES string of the molecule is CCC(CO)Nc1c2ccccc2nc2n[nH]c(C)c12. The molecule has 2 heterocycles. The number of aromatic nitrogens is 3. The van der Waals surface area contributed by atoms with Gasteiger partial charge >= 0.3 is 0 Å². The molecule has 0 fully saturated rings. The molecule has 0 aliphatic carbocycles. The first-order valence-electron chi connectivity index (χ1n) is 6.85. The molecular formula is C15H18N4O. The lowest BCUT2D eigenvalue weighted by Gasteiger charge is -2.18. The fourth-order valence-electron chi connectivity index (χ4n) is 2.46. The average Bonchev–Trinajstić information content (AvgIpc) is 2.85. The van der Waals surface area contributed by atoms with E-state index in [1.807, 2.05) is 31.2 Å². The van der Waals surface area contributed by atoms with Gasteiger partial charge in [-0.05, 0) is 19.4 Å². The van der Waals surface area contributed by atoms with E-state index in [1.54, 1.807) is 0 Å². The van der Waals surface area contributed by atoms with E-state index < -0.39 is 0 Å². The van der Waals surface area contributed by atoms with Crippen molar-refractivity contribution in [1.29, 1.82) is 0 Å². The van der Waals surface area contributed by atoms with E-state index in [0.717, 1.165) is 34.1 Å². The van der Waals surface area contributed by atoms with Crippen LogP contribution in [0.25, 0.3) is 21.9 Å². The van der Waals surface area contributed by atoms with E-state index >= 15 is 0 Å². The molecule has 5 nitrogen and oxygen atoms in total. The van der Waals surface area contributed by atoms with Crippen LogP contribution < -0.4 is 5.32 Å². The lowest BCUT2D eigenvalue weighted by Crippen LogP contribution is -2.23. The van der Waals surface area contributed by atoms with Crippen molar-refractivity contribution in [3.63, 3.8) is 0 Å². The van der Waals surface area contributed by atoms with Gasteiger partial charge in [0.2, 0.25) is 0 Å². The van der Waals surface area contributed by atoms with Crippen molar-refractivity contribution < 1.29 is 5.11 Å². The molecule has 1 atom stereocenters. The molecule has 0 radical (unpaired) electrons. The molecule has 1 unspecified atom stereocenters. The lowest BCUT2D eigenvalue weighted by molar-refractivity contribution is 0.272. The fourth-order valence-corrected chi connectivity index (χ4v) is 2.46. The maximum atomic E-state index is 9.45. The minimum absolute atomic E-state index is 0.0262. The highest BCUT2D eigenvalue weighted by Crippen LogP contribution is 2.32. The third-order valence-corrected chi connectivity index (χ3v) is 3.64. The van der Waals surface area contributed by atoms with Crippen LogP contribution in [0.2, 0.25) is 0 Å². The van der Waals surface area contributed by atoms with Gasteiger partial charge in [0.25, 0.3) is 0 Å². The number of aliphatic hydroxyl groups excluding tert-OH is 1. The maximum absolute atomic E-state index is 9.45. The van der Waals surface area contributed by atoms with E-state index in [4.69, 9.17) is 0 Å². The fraction of sp³-hybridized carbons (Fsp3) is 0.333. The van der Waals surface area contributed by atoms with Crippen LogP contribution >= 0.6 is 0 Å². The Labute approximate surface area is 117 Å². The van der Waals surface area contributed by atoms with Crippen molar-refractivity contribution in [1.82, 2.24) is 15.2 Å². The van der Waals surface area contributed by atoms with E-state index in [1.165, 1.54) is 0 Å². The number of pyridine rings is 1. The van der Waals surface area contributed by atoms with Crippen molar-refractivity contribution >= 4 is 27.6 Å². The van der Waals surface area contributed by atoms with Crippen LogP contribution in [0.15, 0.2) is 24.3 Å². The Bertz CT molecular complexity index is 746. The molecule has 0 aliphatic heterocycles. The monoisotopic (exact) mass is 270 g/mol. The molecule has 0 saturated heterocycles. The zero-order valence-electron chi connectivity index (χ0n) is 11.6. The summed E-state index contributed by atoms with van der Waals surface area (Å²) in [5, 5.41) is 22.2. The highest BCUT2D eigenvalue weighted by Gasteiger charge is 2.15. The van der Waals surface area contributed by atoms with Crippen molar-refractivity contribution in [2.75, 3.05) is 11.9 Å². The van der Waals surface area contributed by atoms with Crippen LogP contribution in [0.1, 0.15) is 19.0 Å². The van der Waals surface area contributed by atoms with E-state index in [-0.39, 0.29) is 12.6 Å². The van der Waals surface area contributed by atoms with Gasteiger partial charge in [0.15, 0.2) is 5.65 Å². The number of fused-ring (bicyclic) bond motifs is 2. The summed E-state index contributed by atoms with van der Waals surface area (Å²) in [6.07, 6.45) is 0.853. The Kier molecular flexibility index (Phi) is 3.28. The van der Waals surface area contributed by atoms with E-state index in [9.17, 15) is 5.11 Å². The number of hydrogen-bond acceptors (Lipinski definition) is 4. The van der Waals surface area contributed by atoms with Gasteiger partial charge in [0, 0.05) is 17.1 Å². The summed E-state index contributed by atoms with van der Waals surface area (Å²) in [6, 6.07) is 8.01. The highest BCUT2D eigenvalue weighted by atomic mass is 16.3. The van der Waals surface area contributed by atoms with Gasteiger partial charge in [-0.1, -0.05) is 25.1 Å². The quantitative estimate of drug-likeness (QED) is 0.681. The lowest BCUT2D eigenvalue weighted by atomic mass is 10.1. The van der Waals surface area contributed by atoms with Gasteiger partial charge in [-0.2, -0.15) is 5.10 Å². The topological polar surface area (TPSA) is 73.8 Å². The third-order valence-electron chi connectivity index (χ3n) is 3.64. The third kappa shape index (κ3) is 2.00. The van der Waals surface area contributed by atoms with Crippen molar-refractivity contribution in [2.45, 2.75) is 26.3 Å². The second kappa shape index (κ2) is 5.09. The Morgan fingerprint density at radius 1 is 1.35 bits per heavy atom. The zero-order chi connectivity index (χ0) is 14.1. The molecule has 3 N–H and O–H groups in total. The number of aliphatic hydroxyl groups is 1. The Morgan fingerprint density at radius 3 is 2.90 bits per heavy atom. The van der Waals surface area contributed by atoms with Crippen LogP contribution in [0, 0.1) is 6.92 Å². The molecule has 2 aromatic heterocycles. The number of H-pyrrole nitrogens is 1. The Morgan fingerprint density at radius 2 is 2.15 bits per heavy atom. The van der Waals surface area contributed by atoms with Gasteiger partial charge in [-0.3, -0.25) is 5.10 Å². The van der Waals surface area contributed by atoms with Crippen molar-refractivity contribution in [2.24, 2.45) is 0 Å². The van der Waals surface area contributed by atoms with Crippen LogP contribution in [0.3, 0.4) is 0 Å². The summed E-state index contributed by atoms with van der Waals surface area (Å²) < 4.78 is 0. The summed E-state index contributed by atoms with van der Waals surface area (Å²) in [6.45, 7) is 4.14.